The summed E-state index contributed by atoms with van der Waals surface area (Å²) in [6.07, 6.45) is 7.58. The first-order valence-corrected chi connectivity index (χ1v) is 8.01. The molecule has 0 bridgehead atoms. The number of carbonyl (C=O) groups is 1. The molecule has 0 aliphatic rings. The van der Waals surface area contributed by atoms with Crippen molar-refractivity contribution in [1.82, 2.24) is 30.4 Å². The number of nitrogens with one attached hydrogen (secondary N) is 1. The number of oxazole rings is 2. The van der Waals surface area contributed by atoms with Crippen LogP contribution in [0.15, 0.2) is 57.8 Å². The maximum absolute atomic E-state index is 11.1. The second-order valence-electron chi connectivity index (χ2n) is 5.60. The van der Waals surface area contributed by atoms with Crippen LogP contribution in [0, 0.1) is 0 Å². The van der Waals surface area contributed by atoms with Gasteiger partial charge in [0.15, 0.2) is 11.5 Å². The van der Waals surface area contributed by atoms with E-state index < -0.39 is 11.9 Å². The van der Waals surface area contributed by atoms with Crippen LogP contribution in [-0.4, -0.2) is 36.1 Å². The first-order chi connectivity index (χ1) is 13.2. The summed E-state index contributed by atoms with van der Waals surface area (Å²) in [6, 6.07) is 6.98. The lowest BCUT2D eigenvalue weighted by Gasteiger charge is -2.11. The van der Waals surface area contributed by atoms with Crippen LogP contribution in [0.5, 0.6) is 0 Å². The number of benzene rings is 1. The number of para-hydroxylation sites is 2. The van der Waals surface area contributed by atoms with E-state index in [9.17, 15) is 4.79 Å². The Bertz CT molecular complexity index is 1050. The van der Waals surface area contributed by atoms with E-state index in [0.29, 0.717) is 29.5 Å². The highest BCUT2D eigenvalue weighted by Gasteiger charge is 2.24. The molecule has 27 heavy (non-hydrogen) atoms. The minimum Gasteiger partial charge on any atom is -0.449 e. The van der Waals surface area contributed by atoms with E-state index in [2.05, 4.69) is 20.3 Å². The molecule has 4 aromatic rings. The molecule has 1 amide bonds. The molecule has 10 nitrogen and oxygen atoms in total. The number of hydrogen-bond donors (Lipinski definition) is 2. The van der Waals surface area contributed by atoms with E-state index >= 15 is 0 Å². The molecule has 0 spiro atoms. The van der Waals surface area contributed by atoms with Crippen molar-refractivity contribution in [3.05, 3.63) is 66.5 Å². The Morgan fingerprint density at radius 2 is 2.26 bits per heavy atom. The molecule has 3 heterocycles. The molecule has 1 atom stereocenters. The van der Waals surface area contributed by atoms with E-state index in [0.717, 1.165) is 11.6 Å². The Hall–Kier alpha value is -3.79. The van der Waals surface area contributed by atoms with Crippen molar-refractivity contribution in [3.8, 4) is 0 Å². The van der Waals surface area contributed by atoms with Gasteiger partial charge < -0.3 is 8.83 Å². The average Bonchev–Trinajstić information content (AvgIpc) is 3.44. The van der Waals surface area contributed by atoms with E-state index in [4.69, 9.17) is 14.0 Å². The molecule has 0 saturated heterocycles. The number of amides is 1. The summed E-state index contributed by atoms with van der Waals surface area (Å²) in [4.78, 5) is 19.8. The van der Waals surface area contributed by atoms with E-state index in [1.54, 1.807) is 17.1 Å². The van der Waals surface area contributed by atoms with Gasteiger partial charge in [-0.3, -0.25) is 10.0 Å². The van der Waals surface area contributed by atoms with Gasteiger partial charge in [-0.1, -0.05) is 17.3 Å². The molecule has 0 aliphatic heterocycles. The van der Waals surface area contributed by atoms with Crippen LogP contribution < -0.4 is 5.48 Å². The quantitative estimate of drug-likeness (QED) is 0.300. The van der Waals surface area contributed by atoms with Crippen molar-refractivity contribution in [3.63, 3.8) is 0 Å². The number of fused-ring (bicyclic) bond motifs is 1. The number of carbonyl (C=O) groups excluding carboxylic acids is 1. The average molecular weight is 366 g/mol. The van der Waals surface area contributed by atoms with Crippen molar-refractivity contribution in [2.45, 2.75) is 12.5 Å². The second kappa shape index (κ2) is 7.22. The van der Waals surface area contributed by atoms with Gasteiger partial charge in [-0.25, -0.2) is 20.1 Å². The highest BCUT2D eigenvalue weighted by atomic mass is 16.5. The minimum atomic E-state index is -0.667. The van der Waals surface area contributed by atoms with Gasteiger partial charge in [-0.15, -0.1) is 5.10 Å². The first kappa shape index (κ1) is 16.7. The highest BCUT2D eigenvalue weighted by Crippen LogP contribution is 2.25. The second-order valence-corrected chi connectivity index (χ2v) is 5.60. The lowest BCUT2D eigenvalue weighted by atomic mass is 10.2. The maximum atomic E-state index is 11.1. The third-order valence-electron chi connectivity index (χ3n) is 3.81. The summed E-state index contributed by atoms with van der Waals surface area (Å²) in [6.45, 7) is 0. The zero-order valence-electron chi connectivity index (χ0n) is 13.9. The van der Waals surface area contributed by atoms with Gasteiger partial charge in [-0.05, 0) is 18.2 Å². The fourth-order valence-corrected chi connectivity index (χ4v) is 2.56. The third kappa shape index (κ3) is 3.60. The summed E-state index contributed by atoms with van der Waals surface area (Å²) >= 11 is 0. The fraction of sp³-hybridized carbons (Fsp3) is 0.118. The Morgan fingerprint density at radius 3 is 3.04 bits per heavy atom. The zero-order chi connectivity index (χ0) is 18.6. The van der Waals surface area contributed by atoms with Crippen LogP contribution in [0.1, 0.15) is 23.5 Å². The number of aromatic nitrogens is 5. The summed E-state index contributed by atoms with van der Waals surface area (Å²) in [5.41, 5.74) is 3.32. The summed E-state index contributed by atoms with van der Waals surface area (Å²) in [5.74, 6) is 0.261. The van der Waals surface area contributed by atoms with Gasteiger partial charge in [0.05, 0.1) is 18.8 Å². The number of nitrogens with zero attached hydrogens (tertiary/aromatic N) is 5. The minimum absolute atomic E-state index is 0.351. The largest absolute Gasteiger partial charge is 0.449 e. The Labute approximate surface area is 152 Å². The molecule has 2 N–H and O–H groups in total. The summed E-state index contributed by atoms with van der Waals surface area (Å²) < 4.78 is 12.8. The number of hydrogen-bond acceptors (Lipinski definition) is 8. The predicted octanol–water partition coefficient (Wildman–Crippen LogP) is 1.76. The molecule has 0 fully saturated rings. The molecule has 1 unspecified atom stereocenters. The van der Waals surface area contributed by atoms with Crippen molar-refractivity contribution in [2.75, 3.05) is 0 Å². The van der Waals surface area contributed by atoms with Crippen LogP contribution in [0.2, 0.25) is 0 Å². The van der Waals surface area contributed by atoms with Crippen molar-refractivity contribution >= 4 is 23.1 Å². The molecule has 3 aromatic heterocycles. The maximum Gasteiger partial charge on any atom is 0.267 e. The number of rotatable bonds is 6. The smallest absolute Gasteiger partial charge is 0.267 e. The molecule has 0 saturated carbocycles. The van der Waals surface area contributed by atoms with Crippen LogP contribution in [0.25, 0.3) is 17.2 Å². The van der Waals surface area contributed by atoms with Crippen molar-refractivity contribution in [2.24, 2.45) is 0 Å². The van der Waals surface area contributed by atoms with Gasteiger partial charge in [0, 0.05) is 6.08 Å². The normalized spacial score (nSPS) is 12.6. The van der Waals surface area contributed by atoms with Gasteiger partial charge in [0.2, 0.25) is 5.89 Å². The third-order valence-corrected chi connectivity index (χ3v) is 3.81. The molecule has 10 heteroatoms. The Morgan fingerprint density at radius 1 is 1.37 bits per heavy atom. The molecular weight excluding hydrogens is 352 g/mol. The van der Waals surface area contributed by atoms with Gasteiger partial charge >= 0.3 is 0 Å². The zero-order valence-corrected chi connectivity index (χ0v) is 13.9. The number of hydroxylamine groups is 1. The standard InChI is InChI=1S/C17H14N6O4/c24-15(21-25)6-5-11-10-23(22-20-11)13(9-16-18-7-8-26-16)17-19-12-3-1-2-4-14(12)27-17/h1-8,10,13,25H,9H2,(H,21,24)/b6-5+. The molecule has 4 rings (SSSR count). The lowest BCUT2D eigenvalue weighted by molar-refractivity contribution is -0.124. The lowest BCUT2D eigenvalue weighted by Crippen LogP contribution is -2.15. The molecular formula is C17H14N6O4. The van der Waals surface area contributed by atoms with Crippen molar-refractivity contribution < 1.29 is 18.8 Å². The van der Waals surface area contributed by atoms with E-state index in [1.165, 1.54) is 17.8 Å². The summed E-state index contributed by atoms with van der Waals surface area (Å²) in [5, 5.41) is 16.6. The fourth-order valence-electron chi connectivity index (χ4n) is 2.56. The first-order valence-electron chi connectivity index (χ1n) is 8.01. The van der Waals surface area contributed by atoms with Crippen LogP contribution in [-0.2, 0) is 11.2 Å². The molecule has 0 radical (unpaired) electrons. The highest BCUT2D eigenvalue weighted by molar-refractivity contribution is 5.90. The van der Waals surface area contributed by atoms with Crippen LogP contribution in [0.4, 0.5) is 0 Å². The summed E-state index contributed by atoms with van der Waals surface area (Å²) in [7, 11) is 0. The molecule has 136 valence electrons. The van der Waals surface area contributed by atoms with Crippen LogP contribution in [0.3, 0.4) is 0 Å². The molecule has 1 aromatic carbocycles. The van der Waals surface area contributed by atoms with Gasteiger partial charge in [0.1, 0.15) is 23.5 Å². The topological polar surface area (TPSA) is 132 Å². The van der Waals surface area contributed by atoms with Gasteiger partial charge in [-0.2, -0.15) is 0 Å². The monoisotopic (exact) mass is 366 g/mol. The Kier molecular flexibility index (Phi) is 4.45. The SMILES string of the molecule is O=C(/C=C/c1cn(C(Cc2ncco2)c2nc3ccccc3o2)nn1)NO. The Balaban J connectivity index is 1.69. The predicted molar refractivity (Wildman–Crippen MR) is 91.3 cm³/mol. The molecule has 0 aliphatic carbocycles. The van der Waals surface area contributed by atoms with Crippen LogP contribution >= 0.6 is 0 Å². The van der Waals surface area contributed by atoms with Gasteiger partial charge in [0.25, 0.3) is 5.91 Å². The van der Waals surface area contributed by atoms with Crippen molar-refractivity contribution in [1.29, 1.82) is 0 Å². The van der Waals surface area contributed by atoms with E-state index in [-0.39, 0.29) is 0 Å². The van der Waals surface area contributed by atoms with E-state index in [1.807, 2.05) is 24.3 Å².